The Kier molecular flexibility index (Phi) is 5.57. The molecule has 0 unspecified atom stereocenters. The Balaban J connectivity index is 1.87. The van der Waals surface area contributed by atoms with Crippen molar-refractivity contribution in [1.82, 2.24) is 4.98 Å². The number of carbonyl (C=O) groups excluding carboxylic acids is 1. The van der Waals surface area contributed by atoms with Crippen molar-refractivity contribution < 1.29 is 22.7 Å². The normalized spacial score (nSPS) is 14.9. The number of benzene rings is 1. The third-order valence-corrected chi connectivity index (χ3v) is 4.49. The number of ether oxygens (including phenoxy) is 1. The van der Waals surface area contributed by atoms with Gasteiger partial charge in [0, 0.05) is 13.1 Å². The Morgan fingerprint density at radius 2 is 1.93 bits per heavy atom. The number of rotatable bonds is 3. The monoisotopic (exact) mass is 399 g/mol. The number of nitrogens with one attached hydrogen (secondary N) is 1. The number of pyridine rings is 1. The van der Waals surface area contributed by atoms with Gasteiger partial charge in [0.25, 0.3) is 5.91 Å². The molecule has 1 aromatic carbocycles. The molecule has 0 bridgehead atoms. The third-order valence-electron chi connectivity index (χ3n) is 4.18. The summed E-state index contributed by atoms with van der Waals surface area (Å²) in [5, 5.41) is 3.21. The third kappa shape index (κ3) is 4.33. The van der Waals surface area contributed by atoms with Crippen molar-refractivity contribution >= 4 is 28.9 Å². The zero-order valence-corrected chi connectivity index (χ0v) is 15.2. The maximum Gasteiger partial charge on any atom is 0.433 e. The lowest BCUT2D eigenvalue weighted by Crippen LogP contribution is -2.37. The van der Waals surface area contributed by atoms with Crippen molar-refractivity contribution in [3.63, 3.8) is 0 Å². The summed E-state index contributed by atoms with van der Waals surface area (Å²) in [4.78, 5) is 18.1. The average Bonchev–Trinajstić information content (AvgIpc) is 2.61. The van der Waals surface area contributed by atoms with Gasteiger partial charge < -0.3 is 15.0 Å². The van der Waals surface area contributed by atoms with Gasteiger partial charge in [-0.1, -0.05) is 17.7 Å². The number of para-hydroxylation sites is 1. The van der Waals surface area contributed by atoms with Gasteiger partial charge in [0.05, 0.1) is 40.9 Å². The van der Waals surface area contributed by atoms with E-state index in [9.17, 15) is 18.0 Å². The fraction of sp³-hybridized carbons (Fsp3) is 0.333. The Labute approximate surface area is 159 Å². The van der Waals surface area contributed by atoms with E-state index in [4.69, 9.17) is 16.3 Å². The summed E-state index contributed by atoms with van der Waals surface area (Å²) in [5.41, 5.74) is 0.170. The fourth-order valence-electron chi connectivity index (χ4n) is 2.87. The summed E-state index contributed by atoms with van der Waals surface area (Å²) in [6, 6.07) is 7.02. The predicted octanol–water partition coefficient (Wildman–Crippen LogP) is 4.15. The van der Waals surface area contributed by atoms with E-state index in [1.54, 1.807) is 18.2 Å². The maximum absolute atomic E-state index is 12.8. The van der Waals surface area contributed by atoms with Crippen LogP contribution < -0.4 is 10.2 Å². The first kappa shape index (κ1) is 19.4. The number of anilines is 2. The van der Waals surface area contributed by atoms with E-state index < -0.39 is 17.8 Å². The Morgan fingerprint density at radius 1 is 1.22 bits per heavy atom. The van der Waals surface area contributed by atoms with Gasteiger partial charge in [-0.15, -0.1) is 0 Å². The summed E-state index contributed by atoms with van der Waals surface area (Å²) < 4.78 is 43.6. The Bertz CT molecular complexity index is 852. The van der Waals surface area contributed by atoms with Crippen LogP contribution in [0.1, 0.15) is 21.7 Å². The van der Waals surface area contributed by atoms with Gasteiger partial charge in [0.2, 0.25) is 0 Å². The van der Waals surface area contributed by atoms with Gasteiger partial charge in [-0.05, 0) is 31.2 Å². The van der Waals surface area contributed by atoms with E-state index in [1.165, 1.54) is 6.92 Å². The van der Waals surface area contributed by atoms with Gasteiger partial charge in [0.15, 0.2) is 0 Å². The second-order valence-electron chi connectivity index (χ2n) is 6.02. The van der Waals surface area contributed by atoms with Crippen LogP contribution in [0, 0.1) is 6.92 Å². The smallest absolute Gasteiger partial charge is 0.378 e. The molecule has 0 aliphatic carbocycles. The zero-order chi connectivity index (χ0) is 19.6. The molecule has 2 aromatic rings. The Morgan fingerprint density at radius 3 is 2.56 bits per heavy atom. The predicted molar refractivity (Wildman–Crippen MR) is 96.4 cm³/mol. The number of halogens is 4. The standard InChI is InChI=1S/C18H17ClF3N3O2/c1-11-12(5-6-15(23-11)18(20,21)22)17(26)24-14-4-2-3-13(19)16(14)25-7-9-27-10-8-25/h2-6H,7-10H2,1H3,(H,24,26). The number of hydrogen-bond donors (Lipinski definition) is 1. The molecule has 144 valence electrons. The lowest BCUT2D eigenvalue weighted by atomic mass is 10.1. The largest absolute Gasteiger partial charge is 0.433 e. The molecular weight excluding hydrogens is 383 g/mol. The minimum absolute atomic E-state index is 0.00252. The molecule has 27 heavy (non-hydrogen) atoms. The summed E-state index contributed by atoms with van der Waals surface area (Å²) >= 11 is 6.32. The number of aryl methyl sites for hydroxylation is 1. The van der Waals surface area contributed by atoms with Crippen LogP contribution >= 0.6 is 11.6 Å². The number of aromatic nitrogens is 1. The number of amides is 1. The minimum Gasteiger partial charge on any atom is -0.378 e. The Hall–Kier alpha value is -2.32. The quantitative estimate of drug-likeness (QED) is 0.842. The van der Waals surface area contributed by atoms with Crippen LogP contribution in [0.15, 0.2) is 30.3 Å². The molecule has 1 amide bonds. The first-order valence-corrected chi connectivity index (χ1v) is 8.62. The van der Waals surface area contributed by atoms with Crippen molar-refractivity contribution in [3.05, 3.63) is 52.3 Å². The van der Waals surface area contributed by atoms with Crippen LogP contribution in [-0.2, 0) is 10.9 Å². The van der Waals surface area contributed by atoms with Gasteiger partial charge >= 0.3 is 6.18 Å². The van der Waals surface area contributed by atoms with Gasteiger partial charge in [-0.25, -0.2) is 4.98 Å². The molecule has 0 atom stereocenters. The van der Waals surface area contributed by atoms with E-state index in [0.29, 0.717) is 42.7 Å². The summed E-state index contributed by atoms with van der Waals surface area (Å²) in [7, 11) is 0. The fourth-order valence-corrected chi connectivity index (χ4v) is 3.17. The van der Waals surface area contributed by atoms with Crippen molar-refractivity contribution in [3.8, 4) is 0 Å². The molecule has 5 nitrogen and oxygen atoms in total. The van der Waals surface area contributed by atoms with Crippen LogP contribution in [0.25, 0.3) is 0 Å². The molecule has 0 spiro atoms. The highest BCUT2D eigenvalue weighted by Gasteiger charge is 2.33. The molecule has 1 saturated heterocycles. The summed E-state index contributed by atoms with van der Waals surface area (Å²) in [6.45, 7) is 3.69. The van der Waals surface area contributed by atoms with Crippen molar-refractivity contribution in [2.24, 2.45) is 0 Å². The van der Waals surface area contributed by atoms with Crippen LogP contribution in [0.3, 0.4) is 0 Å². The molecule has 9 heteroatoms. The van der Waals surface area contributed by atoms with Gasteiger partial charge in [-0.3, -0.25) is 4.79 Å². The number of carbonyl (C=O) groups is 1. The van der Waals surface area contributed by atoms with Crippen LogP contribution in [-0.4, -0.2) is 37.2 Å². The SMILES string of the molecule is Cc1nc(C(F)(F)F)ccc1C(=O)Nc1cccc(Cl)c1N1CCOCC1. The van der Waals surface area contributed by atoms with Crippen LogP contribution in [0.4, 0.5) is 24.5 Å². The van der Waals surface area contributed by atoms with E-state index in [-0.39, 0.29) is 11.3 Å². The lowest BCUT2D eigenvalue weighted by molar-refractivity contribution is -0.141. The maximum atomic E-state index is 12.8. The van der Waals surface area contributed by atoms with Crippen LogP contribution in [0.2, 0.25) is 5.02 Å². The highest BCUT2D eigenvalue weighted by atomic mass is 35.5. The molecular formula is C18H17ClF3N3O2. The lowest BCUT2D eigenvalue weighted by Gasteiger charge is -2.31. The first-order valence-electron chi connectivity index (χ1n) is 8.25. The number of hydrogen-bond acceptors (Lipinski definition) is 4. The van der Waals surface area contributed by atoms with E-state index in [2.05, 4.69) is 10.3 Å². The highest BCUT2D eigenvalue weighted by Crippen LogP contribution is 2.35. The van der Waals surface area contributed by atoms with Crippen molar-refractivity contribution in [1.29, 1.82) is 0 Å². The first-order chi connectivity index (χ1) is 12.8. The molecule has 1 N–H and O–H groups in total. The van der Waals surface area contributed by atoms with E-state index in [1.807, 2.05) is 4.90 Å². The molecule has 1 aliphatic heterocycles. The van der Waals surface area contributed by atoms with E-state index >= 15 is 0 Å². The molecule has 1 aromatic heterocycles. The topological polar surface area (TPSA) is 54.5 Å². The van der Waals surface area contributed by atoms with Gasteiger partial charge in [0.1, 0.15) is 5.69 Å². The second-order valence-corrected chi connectivity index (χ2v) is 6.42. The second kappa shape index (κ2) is 7.74. The zero-order valence-electron chi connectivity index (χ0n) is 14.4. The molecule has 0 saturated carbocycles. The minimum atomic E-state index is -4.56. The molecule has 1 aliphatic rings. The highest BCUT2D eigenvalue weighted by molar-refractivity contribution is 6.34. The molecule has 1 fully saturated rings. The molecule has 2 heterocycles. The van der Waals surface area contributed by atoms with Crippen LogP contribution in [0.5, 0.6) is 0 Å². The van der Waals surface area contributed by atoms with Crippen molar-refractivity contribution in [2.75, 3.05) is 36.5 Å². The summed E-state index contributed by atoms with van der Waals surface area (Å²) in [6.07, 6.45) is -4.56. The number of morpholine rings is 1. The number of nitrogens with zero attached hydrogens (tertiary/aromatic N) is 2. The number of alkyl halides is 3. The molecule has 0 radical (unpaired) electrons. The summed E-state index contributed by atoms with van der Waals surface area (Å²) in [5.74, 6) is -0.550. The van der Waals surface area contributed by atoms with Crippen molar-refractivity contribution in [2.45, 2.75) is 13.1 Å². The molecule has 3 rings (SSSR count). The average molecular weight is 400 g/mol. The van der Waals surface area contributed by atoms with Gasteiger partial charge in [-0.2, -0.15) is 13.2 Å². The van der Waals surface area contributed by atoms with E-state index in [0.717, 1.165) is 12.1 Å².